The molecule has 1 rings (SSSR count). The third-order valence-corrected chi connectivity index (χ3v) is 2.59. The third kappa shape index (κ3) is 6.97. The Kier molecular flexibility index (Phi) is 5.41. The molecule has 6 heteroatoms. The first-order valence-electron chi connectivity index (χ1n) is 6.98. The standard InChI is InChI=1S/C16H23NO5/c1-15(2,3)21-13(18)17-12-8-6-11(7-9-12)10-16(4,5)22-14(19)20/h6-9H,10H2,1-5H3,(H,17,18)(H,19,20). The minimum absolute atomic E-state index is 0.437. The Morgan fingerprint density at radius 1 is 1.05 bits per heavy atom. The zero-order valence-electron chi connectivity index (χ0n) is 13.6. The number of nitrogens with one attached hydrogen (secondary N) is 1. The number of amides is 1. The van der Waals surface area contributed by atoms with Crippen LogP contribution in [0.25, 0.3) is 0 Å². The Bertz CT molecular complexity index is 528. The van der Waals surface area contributed by atoms with E-state index in [1.807, 2.05) is 0 Å². The van der Waals surface area contributed by atoms with Crippen molar-refractivity contribution in [3.63, 3.8) is 0 Å². The Morgan fingerprint density at radius 3 is 2.05 bits per heavy atom. The molecule has 0 heterocycles. The maximum Gasteiger partial charge on any atom is 0.506 e. The Morgan fingerprint density at radius 2 is 1.59 bits per heavy atom. The molecule has 0 atom stereocenters. The molecule has 0 aromatic heterocycles. The number of ether oxygens (including phenoxy) is 2. The largest absolute Gasteiger partial charge is 0.506 e. The molecule has 22 heavy (non-hydrogen) atoms. The van der Waals surface area contributed by atoms with Crippen molar-refractivity contribution in [2.75, 3.05) is 5.32 Å². The van der Waals surface area contributed by atoms with Crippen LogP contribution in [-0.2, 0) is 15.9 Å². The fourth-order valence-electron chi connectivity index (χ4n) is 1.89. The van der Waals surface area contributed by atoms with Gasteiger partial charge in [0.2, 0.25) is 0 Å². The van der Waals surface area contributed by atoms with E-state index in [1.165, 1.54) is 0 Å². The van der Waals surface area contributed by atoms with Crippen LogP contribution in [0, 0.1) is 0 Å². The van der Waals surface area contributed by atoms with Crippen molar-refractivity contribution < 1.29 is 24.2 Å². The number of hydrogen-bond donors (Lipinski definition) is 2. The van der Waals surface area contributed by atoms with Crippen molar-refractivity contribution in [1.82, 2.24) is 0 Å². The summed E-state index contributed by atoms with van der Waals surface area (Å²) in [4.78, 5) is 22.3. The minimum atomic E-state index is -1.30. The SMILES string of the molecule is CC(C)(C)OC(=O)Nc1ccc(CC(C)(C)OC(=O)O)cc1. The Hall–Kier alpha value is -2.24. The van der Waals surface area contributed by atoms with Gasteiger partial charge in [-0.3, -0.25) is 5.32 Å². The lowest BCUT2D eigenvalue weighted by molar-refractivity contribution is 0.00423. The molecule has 6 nitrogen and oxygen atoms in total. The van der Waals surface area contributed by atoms with Crippen LogP contribution < -0.4 is 5.32 Å². The molecule has 0 radical (unpaired) electrons. The molecule has 0 unspecified atom stereocenters. The molecule has 0 saturated carbocycles. The van der Waals surface area contributed by atoms with Crippen LogP contribution in [0.15, 0.2) is 24.3 Å². The molecular formula is C16H23NO5. The average Bonchev–Trinajstić information content (AvgIpc) is 2.26. The molecule has 0 fully saturated rings. The van der Waals surface area contributed by atoms with E-state index in [2.05, 4.69) is 5.32 Å². The fraction of sp³-hybridized carbons (Fsp3) is 0.500. The van der Waals surface area contributed by atoms with Gasteiger partial charge < -0.3 is 14.6 Å². The van der Waals surface area contributed by atoms with E-state index in [0.29, 0.717) is 12.1 Å². The summed E-state index contributed by atoms with van der Waals surface area (Å²) in [6.07, 6.45) is -1.38. The number of carboxylic acid groups (broad SMARTS) is 1. The summed E-state index contributed by atoms with van der Waals surface area (Å²) in [5.74, 6) is 0. The molecule has 0 saturated heterocycles. The predicted octanol–water partition coefficient (Wildman–Crippen LogP) is 4.05. The lowest BCUT2D eigenvalue weighted by Gasteiger charge is -2.23. The number of hydrogen-bond acceptors (Lipinski definition) is 4. The fourth-order valence-corrected chi connectivity index (χ4v) is 1.89. The second-order valence-electron chi connectivity index (χ2n) is 6.63. The van der Waals surface area contributed by atoms with Crippen molar-refractivity contribution in [1.29, 1.82) is 0 Å². The highest BCUT2D eigenvalue weighted by molar-refractivity contribution is 5.84. The lowest BCUT2D eigenvalue weighted by atomic mass is 9.98. The van der Waals surface area contributed by atoms with Gasteiger partial charge in [0.25, 0.3) is 0 Å². The molecule has 0 aliphatic rings. The van der Waals surface area contributed by atoms with Gasteiger partial charge in [-0.2, -0.15) is 0 Å². The van der Waals surface area contributed by atoms with Crippen molar-refractivity contribution in [2.45, 2.75) is 52.2 Å². The van der Waals surface area contributed by atoms with Gasteiger partial charge in [0.15, 0.2) is 0 Å². The smallest absolute Gasteiger partial charge is 0.450 e. The molecule has 1 aromatic carbocycles. The summed E-state index contributed by atoms with van der Waals surface area (Å²) in [6.45, 7) is 8.78. The number of benzene rings is 1. The molecule has 1 amide bonds. The Labute approximate surface area is 130 Å². The van der Waals surface area contributed by atoms with E-state index < -0.39 is 23.5 Å². The predicted molar refractivity (Wildman–Crippen MR) is 83.2 cm³/mol. The molecule has 0 aliphatic heterocycles. The number of carbonyl (C=O) groups excluding carboxylic acids is 1. The van der Waals surface area contributed by atoms with Crippen LogP contribution in [0.5, 0.6) is 0 Å². The minimum Gasteiger partial charge on any atom is -0.450 e. The van der Waals surface area contributed by atoms with E-state index in [9.17, 15) is 9.59 Å². The van der Waals surface area contributed by atoms with Crippen molar-refractivity contribution in [3.8, 4) is 0 Å². The van der Waals surface area contributed by atoms with Crippen molar-refractivity contribution >= 4 is 17.9 Å². The maximum atomic E-state index is 11.6. The lowest BCUT2D eigenvalue weighted by Crippen LogP contribution is -2.29. The van der Waals surface area contributed by atoms with Crippen LogP contribution >= 0.6 is 0 Å². The first-order chi connectivity index (χ1) is 9.97. The zero-order chi connectivity index (χ0) is 17.0. The van der Waals surface area contributed by atoms with E-state index in [0.717, 1.165) is 5.56 Å². The highest BCUT2D eigenvalue weighted by Gasteiger charge is 2.23. The molecule has 122 valence electrons. The number of carbonyl (C=O) groups is 2. The number of anilines is 1. The van der Waals surface area contributed by atoms with Crippen molar-refractivity contribution in [2.24, 2.45) is 0 Å². The first-order valence-corrected chi connectivity index (χ1v) is 6.98. The quantitative estimate of drug-likeness (QED) is 0.820. The van der Waals surface area contributed by atoms with Gasteiger partial charge >= 0.3 is 12.2 Å². The second kappa shape index (κ2) is 6.68. The molecule has 0 spiro atoms. The summed E-state index contributed by atoms with van der Waals surface area (Å²) in [6, 6.07) is 7.07. The van der Waals surface area contributed by atoms with Gasteiger partial charge in [-0.1, -0.05) is 12.1 Å². The maximum absolute atomic E-state index is 11.6. The van der Waals surface area contributed by atoms with E-state index in [-0.39, 0.29) is 0 Å². The van der Waals surface area contributed by atoms with Crippen LogP contribution in [-0.4, -0.2) is 28.6 Å². The summed E-state index contributed by atoms with van der Waals surface area (Å²) in [7, 11) is 0. The Balaban J connectivity index is 2.63. The molecule has 2 N–H and O–H groups in total. The van der Waals surface area contributed by atoms with Gasteiger partial charge in [0.05, 0.1) is 0 Å². The van der Waals surface area contributed by atoms with Gasteiger partial charge in [0.1, 0.15) is 11.2 Å². The summed E-state index contributed by atoms with van der Waals surface area (Å²) in [5, 5.41) is 11.3. The van der Waals surface area contributed by atoms with E-state index in [4.69, 9.17) is 14.6 Å². The van der Waals surface area contributed by atoms with E-state index >= 15 is 0 Å². The van der Waals surface area contributed by atoms with E-state index in [1.54, 1.807) is 58.9 Å². The molecule has 1 aromatic rings. The van der Waals surface area contributed by atoms with Gasteiger partial charge in [0, 0.05) is 12.1 Å². The van der Waals surface area contributed by atoms with Crippen LogP contribution in [0.4, 0.5) is 15.3 Å². The monoisotopic (exact) mass is 309 g/mol. The van der Waals surface area contributed by atoms with Gasteiger partial charge in [-0.05, 0) is 52.3 Å². The molecule has 0 bridgehead atoms. The molecular weight excluding hydrogens is 286 g/mol. The topological polar surface area (TPSA) is 84.9 Å². The highest BCUT2D eigenvalue weighted by atomic mass is 16.7. The summed E-state index contributed by atoms with van der Waals surface area (Å²) >= 11 is 0. The summed E-state index contributed by atoms with van der Waals surface area (Å²) < 4.78 is 9.98. The van der Waals surface area contributed by atoms with Gasteiger partial charge in [-0.15, -0.1) is 0 Å². The first kappa shape index (κ1) is 17.8. The highest BCUT2D eigenvalue weighted by Crippen LogP contribution is 2.19. The van der Waals surface area contributed by atoms with Crippen molar-refractivity contribution in [3.05, 3.63) is 29.8 Å². The third-order valence-electron chi connectivity index (χ3n) is 2.59. The average molecular weight is 309 g/mol. The second-order valence-corrected chi connectivity index (χ2v) is 6.63. The summed E-state index contributed by atoms with van der Waals surface area (Å²) in [5.41, 5.74) is 0.143. The van der Waals surface area contributed by atoms with Crippen LogP contribution in [0.2, 0.25) is 0 Å². The van der Waals surface area contributed by atoms with Crippen LogP contribution in [0.1, 0.15) is 40.2 Å². The normalized spacial score (nSPS) is 11.7. The molecule has 0 aliphatic carbocycles. The van der Waals surface area contributed by atoms with Crippen LogP contribution in [0.3, 0.4) is 0 Å². The van der Waals surface area contributed by atoms with Gasteiger partial charge in [-0.25, -0.2) is 9.59 Å². The number of rotatable bonds is 4. The zero-order valence-corrected chi connectivity index (χ0v) is 13.6.